The van der Waals surface area contributed by atoms with Crippen LogP contribution in [0.2, 0.25) is 0 Å². The zero-order valence-corrected chi connectivity index (χ0v) is 14.6. The van der Waals surface area contributed by atoms with Crippen LogP contribution in [0.3, 0.4) is 0 Å². The molecule has 0 fully saturated rings. The van der Waals surface area contributed by atoms with Crippen LogP contribution in [-0.4, -0.2) is 15.3 Å². The van der Waals surface area contributed by atoms with Gasteiger partial charge in [-0.15, -0.1) is 0 Å². The number of hydrogen-bond acceptors (Lipinski definition) is 4. The Labute approximate surface area is 143 Å². The number of para-hydroxylation sites is 2. The van der Waals surface area contributed by atoms with Crippen molar-refractivity contribution in [2.45, 2.75) is 24.9 Å². The fourth-order valence-electron chi connectivity index (χ4n) is 2.27. The molecule has 0 aliphatic heterocycles. The van der Waals surface area contributed by atoms with Crippen LogP contribution in [0.5, 0.6) is 0 Å². The van der Waals surface area contributed by atoms with Crippen molar-refractivity contribution in [1.82, 2.24) is 9.55 Å². The smallest absolute Gasteiger partial charge is 0.266 e. The monoisotopic (exact) mass is 342 g/mol. The molecule has 0 radical (unpaired) electrons. The molecule has 118 valence electrons. The van der Waals surface area contributed by atoms with E-state index in [0.717, 1.165) is 22.1 Å². The number of benzene rings is 2. The fraction of sp³-hybridized carbons (Fsp3) is 0.222. The van der Waals surface area contributed by atoms with E-state index in [4.69, 9.17) is 4.98 Å². The molecule has 3 rings (SSSR count). The maximum Gasteiger partial charge on any atom is 0.266 e. The number of aromatic nitrogens is 2. The van der Waals surface area contributed by atoms with E-state index in [2.05, 4.69) is 6.92 Å². The Balaban J connectivity index is 2.10. The van der Waals surface area contributed by atoms with E-state index in [1.165, 1.54) is 12.8 Å². The second-order valence-corrected chi connectivity index (χ2v) is 7.53. The third kappa shape index (κ3) is 3.62. The second-order valence-electron chi connectivity index (χ2n) is 5.15. The Morgan fingerprint density at radius 2 is 1.78 bits per heavy atom. The lowest BCUT2D eigenvalue weighted by atomic mass is 10.2. The molecular weight excluding hydrogens is 324 g/mol. The van der Waals surface area contributed by atoms with Gasteiger partial charge in [0.1, 0.15) is 0 Å². The number of hydrogen-bond donors (Lipinski definition) is 0. The summed E-state index contributed by atoms with van der Waals surface area (Å²) in [5, 5.41) is 1.39. The molecule has 1 aromatic heterocycles. The maximum atomic E-state index is 12.9. The SMILES string of the molecule is CCCCSSc1nc2ccccc2c(=O)n1-c1ccccc1. The summed E-state index contributed by atoms with van der Waals surface area (Å²) in [7, 11) is 3.33. The molecule has 0 saturated heterocycles. The molecular formula is C18H18N2OS2. The number of rotatable bonds is 6. The minimum Gasteiger partial charge on any atom is -0.268 e. The third-order valence-corrected chi connectivity index (χ3v) is 5.77. The first-order valence-electron chi connectivity index (χ1n) is 7.68. The van der Waals surface area contributed by atoms with Gasteiger partial charge in [0.15, 0.2) is 5.16 Å². The van der Waals surface area contributed by atoms with Gasteiger partial charge in [-0.3, -0.25) is 9.36 Å². The number of nitrogens with zero attached hydrogens (tertiary/aromatic N) is 2. The zero-order valence-electron chi connectivity index (χ0n) is 12.9. The van der Waals surface area contributed by atoms with Crippen LogP contribution in [0.15, 0.2) is 64.5 Å². The van der Waals surface area contributed by atoms with E-state index < -0.39 is 0 Å². The van der Waals surface area contributed by atoms with Crippen molar-refractivity contribution in [3.63, 3.8) is 0 Å². The van der Waals surface area contributed by atoms with E-state index >= 15 is 0 Å². The van der Waals surface area contributed by atoms with Crippen LogP contribution >= 0.6 is 21.6 Å². The molecule has 0 aliphatic carbocycles. The largest absolute Gasteiger partial charge is 0.268 e. The van der Waals surface area contributed by atoms with Crippen molar-refractivity contribution in [1.29, 1.82) is 0 Å². The highest BCUT2D eigenvalue weighted by molar-refractivity contribution is 8.76. The van der Waals surface area contributed by atoms with E-state index in [1.54, 1.807) is 26.2 Å². The lowest BCUT2D eigenvalue weighted by Gasteiger charge is -2.12. The van der Waals surface area contributed by atoms with Gasteiger partial charge in [-0.25, -0.2) is 4.98 Å². The molecule has 0 N–H and O–H groups in total. The molecule has 3 nitrogen and oxygen atoms in total. The van der Waals surface area contributed by atoms with Crippen molar-refractivity contribution in [3.8, 4) is 5.69 Å². The molecule has 0 saturated carbocycles. The number of fused-ring (bicyclic) bond motifs is 1. The summed E-state index contributed by atoms with van der Waals surface area (Å²) in [5.74, 6) is 1.05. The summed E-state index contributed by atoms with van der Waals surface area (Å²) in [4.78, 5) is 17.7. The minimum atomic E-state index is -0.0135. The Bertz CT molecular complexity index is 847. The van der Waals surface area contributed by atoms with Crippen molar-refractivity contribution in [3.05, 3.63) is 65.0 Å². The van der Waals surface area contributed by atoms with Crippen molar-refractivity contribution in [2.24, 2.45) is 0 Å². The summed E-state index contributed by atoms with van der Waals surface area (Å²) in [6, 6.07) is 17.2. The van der Waals surface area contributed by atoms with Crippen LogP contribution in [0.4, 0.5) is 0 Å². The maximum absolute atomic E-state index is 12.9. The quantitative estimate of drug-likeness (QED) is 0.361. The van der Waals surface area contributed by atoms with E-state index in [1.807, 2.05) is 54.6 Å². The Kier molecular flexibility index (Phi) is 5.41. The van der Waals surface area contributed by atoms with Gasteiger partial charge in [0, 0.05) is 5.75 Å². The molecule has 5 heteroatoms. The van der Waals surface area contributed by atoms with E-state index in [9.17, 15) is 4.79 Å². The summed E-state index contributed by atoms with van der Waals surface area (Å²) >= 11 is 0. The molecule has 23 heavy (non-hydrogen) atoms. The average molecular weight is 342 g/mol. The van der Waals surface area contributed by atoms with E-state index in [0.29, 0.717) is 5.39 Å². The fourth-order valence-corrected chi connectivity index (χ4v) is 4.52. The van der Waals surface area contributed by atoms with Gasteiger partial charge in [-0.2, -0.15) is 0 Å². The van der Waals surface area contributed by atoms with Crippen LogP contribution in [0, 0.1) is 0 Å². The zero-order chi connectivity index (χ0) is 16.1. The summed E-state index contributed by atoms with van der Waals surface area (Å²) < 4.78 is 1.71. The van der Waals surface area contributed by atoms with Crippen LogP contribution in [0.25, 0.3) is 16.6 Å². The molecule has 3 aromatic rings. The molecule has 1 heterocycles. The predicted octanol–water partition coefficient (Wildman–Crippen LogP) is 4.93. The molecule has 0 aliphatic rings. The van der Waals surface area contributed by atoms with Gasteiger partial charge in [-0.1, -0.05) is 54.5 Å². The lowest BCUT2D eigenvalue weighted by molar-refractivity contribution is 0.823. The minimum absolute atomic E-state index is 0.0135. The Morgan fingerprint density at radius 1 is 1.04 bits per heavy atom. The molecule has 2 aromatic carbocycles. The van der Waals surface area contributed by atoms with Gasteiger partial charge in [-0.05, 0) is 41.5 Å². The number of unbranched alkanes of at least 4 members (excludes halogenated alkanes) is 1. The first-order valence-corrected chi connectivity index (χ1v) is 10.00. The molecule has 0 atom stereocenters. The first-order chi connectivity index (χ1) is 11.3. The summed E-state index contributed by atoms with van der Waals surface area (Å²) in [5.41, 5.74) is 1.60. The highest BCUT2D eigenvalue weighted by Gasteiger charge is 2.13. The Morgan fingerprint density at radius 3 is 2.57 bits per heavy atom. The topological polar surface area (TPSA) is 34.9 Å². The predicted molar refractivity (Wildman–Crippen MR) is 101 cm³/mol. The molecule has 0 unspecified atom stereocenters. The van der Waals surface area contributed by atoms with Crippen LogP contribution in [0.1, 0.15) is 19.8 Å². The second kappa shape index (κ2) is 7.70. The molecule has 0 amide bonds. The standard InChI is InChI=1S/C18H18N2OS2/c1-2-3-13-22-23-18-19-16-12-8-7-11-15(16)17(21)20(18)14-9-5-4-6-10-14/h4-12H,2-3,13H2,1H3. The highest BCUT2D eigenvalue weighted by Crippen LogP contribution is 2.31. The summed E-state index contributed by atoms with van der Waals surface area (Å²) in [6.07, 6.45) is 2.34. The van der Waals surface area contributed by atoms with Gasteiger partial charge in [0.2, 0.25) is 0 Å². The van der Waals surface area contributed by atoms with Crippen LogP contribution < -0.4 is 5.56 Å². The van der Waals surface area contributed by atoms with Gasteiger partial charge in [0.05, 0.1) is 16.6 Å². The van der Waals surface area contributed by atoms with Gasteiger partial charge in [0.25, 0.3) is 5.56 Å². The lowest BCUT2D eigenvalue weighted by Crippen LogP contribution is -2.21. The molecule has 0 bridgehead atoms. The van der Waals surface area contributed by atoms with E-state index in [-0.39, 0.29) is 5.56 Å². The molecule has 0 spiro atoms. The Hall–Kier alpha value is -1.72. The average Bonchev–Trinajstić information content (AvgIpc) is 2.60. The van der Waals surface area contributed by atoms with Gasteiger partial charge < -0.3 is 0 Å². The van der Waals surface area contributed by atoms with Gasteiger partial charge >= 0.3 is 0 Å². The van der Waals surface area contributed by atoms with Crippen molar-refractivity contribution >= 4 is 32.5 Å². The summed E-state index contributed by atoms with van der Waals surface area (Å²) in [6.45, 7) is 2.18. The normalized spacial score (nSPS) is 11.0. The van der Waals surface area contributed by atoms with Crippen molar-refractivity contribution < 1.29 is 0 Å². The third-order valence-electron chi connectivity index (χ3n) is 3.47. The van der Waals surface area contributed by atoms with Crippen LogP contribution in [-0.2, 0) is 0 Å². The highest BCUT2D eigenvalue weighted by atomic mass is 33.1. The first kappa shape index (κ1) is 16.1. The van der Waals surface area contributed by atoms with Crippen molar-refractivity contribution in [2.75, 3.05) is 5.75 Å².